The summed E-state index contributed by atoms with van der Waals surface area (Å²) < 4.78 is 0. The molecule has 54 valence electrons. The third-order valence-electron chi connectivity index (χ3n) is 1.76. The van der Waals surface area contributed by atoms with E-state index in [-0.39, 0.29) is 6.61 Å². The minimum Gasteiger partial charge on any atom is -0.395 e. The molecule has 9 heavy (non-hydrogen) atoms. The lowest BCUT2D eigenvalue weighted by Gasteiger charge is -2.11. The fourth-order valence-corrected chi connectivity index (χ4v) is 0.883. The van der Waals surface area contributed by atoms with Gasteiger partial charge in [0.1, 0.15) is 0 Å². The SMILES string of the molecule is CC[C@H](CO)NC1CC1. The highest BCUT2D eigenvalue weighted by molar-refractivity contribution is 4.83. The van der Waals surface area contributed by atoms with Crippen LogP contribution in [0.3, 0.4) is 0 Å². The summed E-state index contributed by atoms with van der Waals surface area (Å²) in [5.74, 6) is 0. The summed E-state index contributed by atoms with van der Waals surface area (Å²) in [5, 5.41) is 12.1. The molecule has 0 aromatic heterocycles. The molecule has 1 atom stereocenters. The van der Waals surface area contributed by atoms with Crippen LogP contribution in [0.2, 0.25) is 0 Å². The molecule has 2 N–H and O–H groups in total. The lowest BCUT2D eigenvalue weighted by Crippen LogP contribution is -2.33. The summed E-state index contributed by atoms with van der Waals surface area (Å²) >= 11 is 0. The van der Waals surface area contributed by atoms with E-state index in [9.17, 15) is 0 Å². The average Bonchev–Trinajstić information content (AvgIpc) is 2.66. The van der Waals surface area contributed by atoms with E-state index in [2.05, 4.69) is 12.2 Å². The minimum atomic E-state index is 0.285. The molecule has 0 bridgehead atoms. The highest BCUT2D eigenvalue weighted by Gasteiger charge is 2.22. The van der Waals surface area contributed by atoms with E-state index in [1.54, 1.807) is 0 Å². The van der Waals surface area contributed by atoms with Gasteiger partial charge in [0, 0.05) is 12.1 Å². The molecule has 1 aliphatic rings. The largest absolute Gasteiger partial charge is 0.395 e. The predicted octanol–water partition coefficient (Wildman–Crippen LogP) is 0.509. The van der Waals surface area contributed by atoms with Crippen LogP contribution in [0.5, 0.6) is 0 Å². The van der Waals surface area contributed by atoms with Gasteiger partial charge in [-0.15, -0.1) is 0 Å². The fourth-order valence-electron chi connectivity index (χ4n) is 0.883. The van der Waals surface area contributed by atoms with E-state index < -0.39 is 0 Å². The fraction of sp³-hybridized carbons (Fsp3) is 1.00. The highest BCUT2D eigenvalue weighted by atomic mass is 16.3. The molecule has 0 saturated heterocycles. The molecule has 1 fully saturated rings. The molecule has 2 heteroatoms. The first-order valence-electron chi connectivity index (χ1n) is 3.73. The van der Waals surface area contributed by atoms with Gasteiger partial charge in [-0.3, -0.25) is 0 Å². The average molecular weight is 129 g/mol. The lowest BCUT2D eigenvalue weighted by atomic mass is 10.2. The van der Waals surface area contributed by atoms with E-state index in [4.69, 9.17) is 5.11 Å². The lowest BCUT2D eigenvalue weighted by molar-refractivity contribution is 0.238. The maximum absolute atomic E-state index is 8.74. The molecule has 0 amide bonds. The second-order valence-corrected chi connectivity index (χ2v) is 2.73. The molecule has 0 aromatic rings. The van der Waals surface area contributed by atoms with Gasteiger partial charge >= 0.3 is 0 Å². The molecule has 1 rings (SSSR count). The van der Waals surface area contributed by atoms with Crippen LogP contribution in [0.4, 0.5) is 0 Å². The summed E-state index contributed by atoms with van der Waals surface area (Å²) in [4.78, 5) is 0. The molecule has 1 aliphatic carbocycles. The Morgan fingerprint density at radius 1 is 1.67 bits per heavy atom. The Bertz CT molecular complexity index is 77.0. The number of hydrogen-bond donors (Lipinski definition) is 2. The monoisotopic (exact) mass is 129 g/mol. The first kappa shape index (κ1) is 7.03. The van der Waals surface area contributed by atoms with E-state index in [0.717, 1.165) is 12.5 Å². The van der Waals surface area contributed by atoms with E-state index in [1.807, 2.05) is 0 Å². The van der Waals surface area contributed by atoms with Crippen LogP contribution in [0.15, 0.2) is 0 Å². The zero-order valence-corrected chi connectivity index (χ0v) is 5.93. The quantitative estimate of drug-likeness (QED) is 0.579. The number of hydrogen-bond acceptors (Lipinski definition) is 2. The molecule has 0 aliphatic heterocycles. The van der Waals surface area contributed by atoms with Crippen molar-refractivity contribution in [3.63, 3.8) is 0 Å². The van der Waals surface area contributed by atoms with Gasteiger partial charge in [0.05, 0.1) is 6.61 Å². The Morgan fingerprint density at radius 2 is 2.33 bits per heavy atom. The molecule has 0 radical (unpaired) electrons. The third-order valence-corrected chi connectivity index (χ3v) is 1.76. The number of aliphatic hydroxyl groups is 1. The molecule has 0 heterocycles. The summed E-state index contributed by atoms with van der Waals surface area (Å²) in [5.41, 5.74) is 0. The zero-order valence-electron chi connectivity index (χ0n) is 5.93. The van der Waals surface area contributed by atoms with Crippen LogP contribution >= 0.6 is 0 Å². The molecular formula is C7H15NO. The zero-order chi connectivity index (χ0) is 6.69. The molecular weight excluding hydrogens is 114 g/mol. The predicted molar refractivity (Wildman–Crippen MR) is 37.3 cm³/mol. The second-order valence-electron chi connectivity index (χ2n) is 2.73. The van der Waals surface area contributed by atoms with Gasteiger partial charge in [-0.1, -0.05) is 6.92 Å². The normalized spacial score (nSPS) is 22.0. The molecule has 0 unspecified atom stereocenters. The van der Waals surface area contributed by atoms with Crippen LogP contribution < -0.4 is 5.32 Å². The second kappa shape index (κ2) is 3.18. The van der Waals surface area contributed by atoms with Crippen molar-refractivity contribution in [1.29, 1.82) is 0 Å². The first-order valence-corrected chi connectivity index (χ1v) is 3.73. The summed E-state index contributed by atoms with van der Waals surface area (Å²) in [6.07, 6.45) is 3.64. The van der Waals surface area contributed by atoms with Crippen molar-refractivity contribution in [2.75, 3.05) is 6.61 Å². The number of nitrogens with one attached hydrogen (secondary N) is 1. The molecule has 0 aromatic carbocycles. The van der Waals surface area contributed by atoms with Crippen molar-refractivity contribution >= 4 is 0 Å². The Kier molecular flexibility index (Phi) is 2.49. The maximum atomic E-state index is 8.74. The van der Waals surface area contributed by atoms with Crippen LogP contribution in [-0.2, 0) is 0 Å². The number of aliphatic hydroxyl groups excluding tert-OH is 1. The van der Waals surface area contributed by atoms with Gasteiger partial charge in [-0.25, -0.2) is 0 Å². The van der Waals surface area contributed by atoms with Crippen molar-refractivity contribution in [3.05, 3.63) is 0 Å². The highest BCUT2D eigenvalue weighted by Crippen LogP contribution is 2.19. The molecule has 2 nitrogen and oxygen atoms in total. The summed E-state index contributed by atoms with van der Waals surface area (Å²) in [6.45, 7) is 2.38. The number of rotatable bonds is 4. The van der Waals surface area contributed by atoms with Gasteiger partial charge in [0.15, 0.2) is 0 Å². The Morgan fingerprint density at radius 3 is 2.67 bits per heavy atom. The van der Waals surface area contributed by atoms with Gasteiger partial charge in [0.25, 0.3) is 0 Å². The van der Waals surface area contributed by atoms with Crippen molar-refractivity contribution in [2.45, 2.75) is 38.3 Å². The molecule has 1 saturated carbocycles. The Balaban J connectivity index is 2.05. The molecule has 0 spiro atoms. The van der Waals surface area contributed by atoms with Crippen molar-refractivity contribution in [3.8, 4) is 0 Å². The van der Waals surface area contributed by atoms with Crippen molar-refractivity contribution in [1.82, 2.24) is 5.32 Å². The third kappa shape index (κ3) is 2.33. The van der Waals surface area contributed by atoms with Gasteiger partial charge in [-0.05, 0) is 19.3 Å². The van der Waals surface area contributed by atoms with E-state index >= 15 is 0 Å². The summed E-state index contributed by atoms with van der Waals surface area (Å²) in [6, 6.07) is 1.07. The summed E-state index contributed by atoms with van der Waals surface area (Å²) in [7, 11) is 0. The van der Waals surface area contributed by atoms with E-state index in [1.165, 1.54) is 12.8 Å². The van der Waals surface area contributed by atoms with Gasteiger partial charge < -0.3 is 10.4 Å². The smallest absolute Gasteiger partial charge is 0.0584 e. The van der Waals surface area contributed by atoms with Crippen LogP contribution in [0, 0.1) is 0 Å². The minimum absolute atomic E-state index is 0.285. The maximum Gasteiger partial charge on any atom is 0.0584 e. The Hall–Kier alpha value is -0.0800. The Labute approximate surface area is 56.3 Å². The van der Waals surface area contributed by atoms with Crippen LogP contribution in [-0.4, -0.2) is 23.8 Å². The van der Waals surface area contributed by atoms with Crippen molar-refractivity contribution in [2.24, 2.45) is 0 Å². The van der Waals surface area contributed by atoms with Crippen LogP contribution in [0.25, 0.3) is 0 Å². The van der Waals surface area contributed by atoms with Crippen molar-refractivity contribution < 1.29 is 5.11 Å². The topological polar surface area (TPSA) is 32.3 Å². The van der Waals surface area contributed by atoms with Gasteiger partial charge in [0.2, 0.25) is 0 Å². The van der Waals surface area contributed by atoms with Gasteiger partial charge in [-0.2, -0.15) is 0 Å². The standard InChI is InChI=1S/C7H15NO/c1-2-6(5-9)8-7-3-4-7/h6-9H,2-5H2,1H3/t6-/m1/s1. The first-order chi connectivity index (χ1) is 4.36. The van der Waals surface area contributed by atoms with Crippen LogP contribution in [0.1, 0.15) is 26.2 Å². The van der Waals surface area contributed by atoms with E-state index in [0.29, 0.717) is 6.04 Å².